The minimum Gasteiger partial charge on any atom is -0.355 e. The van der Waals surface area contributed by atoms with Crippen LogP contribution in [0.2, 0.25) is 0 Å². The van der Waals surface area contributed by atoms with Crippen LogP contribution in [0, 0.1) is 0 Å². The zero-order valence-corrected chi connectivity index (χ0v) is 12.7. The molecule has 4 heteroatoms. The third-order valence-electron chi connectivity index (χ3n) is 3.80. The van der Waals surface area contributed by atoms with Crippen molar-refractivity contribution in [2.75, 3.05) is 18.0 Å². The van der Waals surface area contributed by atoms with Crippen molar-refractivity contribution in [2.45, 2.75) is 45.7 Å². The molecule has 0 radical (unpaired) electrons. The lowest BCUT2D eigenvalue weighted by atomic mass is 10.1. The number of hydrogen-bond acceptors (Lipinski definition) is 3. The van der Waals surface area contributed by atoms with Crippen LogP contribution in [0.3, 0.4) is 0 Å². The van der Waals surface area contributed by atoms with Gasteiger partial charge in [-0.05, 0) is 45.7 Å². The van der Waals surface area contributed by atoms with Crippen molar-refractivity contribution in [3.63, 3.8) is 0 Å². The molecule has 1 saturated heterocycles. The fourth-order valence-corrected chi connectivity index (χ4v) is 2.73. The molecule has 2 aromatic rings. The van der Waals surface area contributed by atoms with Crippen molar-refractivity contribution in [1.82, 2.24) is 14.7 Å². The highest BCUT2D eigenvalue weighted by Crippen LogP contribution is 2.25. The van der Waals surface area contributed by atoms with E-state index in [4.69, 9.17) is 4.98 Å². The Hall–Kier alpha value is -1.55. The van der Waals surface area contributed by atoms with Gasteiger partial charge in [-0.25, -0.2) is 4.98 Å². The first-order valence-electron chi connectivity index (χ1n) is 7.50. The molecule has 0 saturated carbocycles. The predicted molar refractivity (Wildman–Crippen MR) is 83.2 cm³/mol. The van der Waals surface area contributed by atoms with Crippen molar-refractivity contribution in [3.8, 4) is 0 Å². The van der Waals surface area contributed by atoms with Crippen LogP contribution in [0.4, 0.5) is 5.82 Å². The average molecular weight is 272 g/mol. The molecule has 0 aromatic carbocycles. The van der Waals surface area contributed by atoms with Crippen LogP contribution < -0.4 is 10.2 Å². The van der Waals surface area contributed by atoms with Crippen molar-refractivity contribution in [3.05, 3.63) is 30.1 Å². The molecule has 0 aliphatic carbocycles. The summed E-state index contributed by atoms with van der Waals surface area (Å²) in [6.07, 6.45) is 4.67. The van der Waals surface area contributed by atoms with Gasteiger partial charge in [0.05, 0.1) is 5.69 Å². The molecule has 2 aromatic heterocycles. The standard InChI is InChI=1S/C16H24N4/c1-16(2,3)17-12-13-15(19-9-6-7-10-19)18-14-8-4-5-11-20(13)14/h4-5,8,11,17H,6-7,9-10,12H2,1-3H3. The van der Waals surface area contributed by atoms with Crippen molar-refractivity contribution in [1.29, 1.82) is 0 Å². The summed E-state index contributed by atoms with van der Waals surface area (Å²) < 4.78 is 2.21. The molecule has 0 unspecified atom stereocenters. The molecule has 20 heavy (non-hydrogen) atoms. The van der Waals surface area contributed by atoms with Gasteiger partial charge in [0.15, 0.2) is 5.82 Å². The Morgan fingerprint density at radius 2 is 1.95 bits per heavy atom. The average Bonchev–Trinajstić information content (AvgIpc) is 3.02. The van der Waals surface area contributed by atoms with E-state index in [9.17, 15) is 0 Å². The molecule has 1 aliphatic heterocycles. The van der Waals surface area contributed by atoms with E-state index >= 15 is 0 Å². The second-order valence-corrected chi connectivity index (χ2v) is 6.61. The third kappa shape index (κ3) is 2.66. The van der Waals surface area contributed by atoms with E-state index in [1.54, 1.807) is 0 Å². The van der Waals surface area contributed by atoms with E-state index in [0.29, 0.717) is 0 Å². The van der Waals surface area contributed by atoms with E-state index in [0.717, 1.165) is 31.1 Å². The van der Waals surface area contributed by atoms with Crippen molar-refractivity contribution >= 4 is 11.5 Å². The van der Waals surface area contributed by atoms with E-state index in [-0.39, 0.29) is 5.54 Å². The Morgan fingerprint density at radius 1 is 1.20 bits per heavy atom. The monoisotopic (exact) mass is 272 g/mol. The van der Waals surface area contributed by atoms with Crippen LogP contribution in [0.1, 0.15) is 39.3 Å². The van der Waals surface area contributed by atoms with Crippen LogP contribution >= 0.6 is 0 Å². The lowest BCUT2D eigenvalue weighted by Crippen LogP contribution is -2.36. The van der Waals surface area contributed by atoms with Gasteiger partial charge in [-0.2, -0.15) is 0 Å². The zero-order chi connectivity index (χ0) is 14.2. The summed E-state index contributed by atoms with van der Waals surface area (Å²) in [5.41, 5.74) is 2.43. The molecule has 1 fully saturated rings. The molecule has 0 amide bonds. The maximum atomic E-state index is 4.84. The lowest BCUT2D eigenvalue weighted by Gasteiger charge is -2.22. The Morgan fingerprint density at radius 3 is 2.65 bits per heavy atom. The quantitative estimate of drug-likeness (QED) is 0.932. The normalized spacial score (nSPS) is 16.2. The van der Waals surface area contributed by atoms with Gasteiger partial charge in [0, 0.05) is 31.4 Å². The predicted octanol–water partition coefficient (Wildman–Crippen LogP) is 2.82. The molecular weight excluding hydrogens is 248 g/mol. The summed E-state index contributed by atoms with van der Waals surface area (Å²) in [5.74, 6) is 1.16. The first-order chi connectivity index (χ1) is 9.54. The SMILES string of the molecule is CC(C)(C)NCc1c(N2CCCC2)nc2ccccn12. The highest BCUT2D eigenvalue weighted by molar-refractivity contribution is 5.56. The third-order valence-corrected chi connectivity index (χ3v) is 3.80. The van der Waals surface area contributed by atoms with Gasteiger partial charge in [0.25, 0.3) is 0 Å². The fourth-order valence-electron chi connectivity index (χ4n) is 2.73. The number of pyridine rings is 1. The molecule has 4 nitrogen and oxygen atoms in total. The minimum absolute atomic E-state index is 0.112. The largest absolute Gasteiger partial charge is 0.355 e. The van der Waals surface area contributed by atoms with Gasteiger partial charge >= 0.3 is 0 Å². The van der Waals surface area contributed by atoms with Crippen LogP contribution in [0.25, 0.3) is 5.65 Å². The molecule has 0 bridgehead atoms. The number of nitrogens with one attached hydrogen (secondary N) is 1. The van der Waals surface area contributed by atoms with Gasteiger partial charge < -0.3 is 14.6 Å². The molecule has 1 N–H and O–H groups in total. The Bertz CT molecular complexity index is 588. The van der Waals surface area contributed by atoms with Gasteiger partial charge in [-0.3, -0.25) is 0 Å². The van der Waals surface area contributed by atoms with Gasteiger partial charge in [-0.1, -0.05) is 6.07 Å². The summed E-state index contributed by atoms with van der Waals surface area (Å²) >= 11 is 0. The molecule has 1 aliphatic rings. The molecule has 3 heterocycles. The highest BCUT2D eigenvalue weighted by Gasteiger charge is 2.21. The maximum absolute atomic E-state index is 4.84. The highest BCUT2D eigenvalue weighted by atomic mass is 15.2. The van der Waals surface area contributed by atoms with E-state index in [1.165, 1.54) is 18.5 Å². The van der Waals surface area contributed by atoms with Gasteiger partial charge in [0.2, 0.25) is 0 Å². The number of hydrogen-bond donors (Lipinski definition) is 1. The maximum Gasteiger partial charge on any atom is 0.152 e. The van der Waals surface area contributed by atoms with E-state index in [2.05, 4.69) is 59.8 Å². The zero-order valence-electron chi connectivity index (χ0n) is 12.7. The number of nitrogens with zero attached hydrogens (tertiary/aromatic N) is 3. The second kappa shape index (κ2) is 5.09. The molecule has 0 atom stereocenters. The summed E-state index contributed by atoms with van der Waals surface area (Å²) in [6.45, 7) is 9.71. The summed E-state index contributed by atoms with van der Waals surface area (Å²) in [5, 5.41) is 3.59. The van der Waals surface area contributed by atoms with Crippen LogP contribution in [-0.2, 0) is 6.54 Å². The number of imidazole rings is 1. The topological polar surface area (TPSA) is 32.6 Å². The number of fused-ring (bicyclic) bond motifs is 1. The molecule has 0 spiro atoms. The van der Waals surface area contributed by atoms with Crippen LogP contribution in [0.5, 0.6) is 0 Å². The Balaban J connectivity index is 1.99. The van der Waals surface area contributed by atoms with Crippen molar-refractivity contribution < 1.29 is 0 Å². The molecule has 3 rings (SSSR count). The van der Waals surface area contributed by atoms with Crippen LogP contribution in [-0.4, -0.2) is 28.0 Å². The van der Waals surface area contributed by atoms with Crippen LogP contribution in [0.15, 0.2) is 24.4 Å². The first kappa shape index (κ1) is 13.4. The summed E-state index contributed by atoms with van der Waals surface area (Å²) in [6, 6.07) is 6.21. The summed E-state index contributed by atoms with van der Waals surface area (Å²) in [7, 11) is 0. The second-order valence-electron chi connectivity index (χ2n) is 6.61. The van der Waals surface area contributed by atoms with Gasteiger partial charge in [-0.15, -0.1) is 0 Å². The number of aromatic nitrogens is 2. The van der Waals surface area contributed by atoms with E-state index in [1.807, 2.05) is 0 Å². The smallest absolute Gasteiger partial charge is 0.152 e. The molecular formula is C16H24N4. The van der Waals surface area contributed by atoms with Gasteiger partial charge in [0.1, 0.15) is 5.65 Å². The number of anilines is 1. The molecule has 108 valence electrons. The van der Waals surface area contributed by atoms with E-state index < -0.39 is 0 Å². The fraction of sp³-hybridized carbons (Fsp3) is 0.562. The summed E-state index contributed by atoms with van der Waals surface area (Å²) in [4.78, 5) is 7.27. The Labute approximate surface area is 120 Å². The van der Waals surface area contributed by atoms with Crippen molar-refractivity contribution in [2.24, 2.45) is 0 Å². The Kier molecular flexibility index (Phi) is 3.42. The minimum atomic E-state index is 0.112. The first-order valence-corrected chi connectivity index (χ1v) is 7.50. The number of rotatable bonds is 3. The lowest BCUT2D eigenvalue weighted by molar-refractivity contribution is 0.420.